The summed E-state index contributed by atoms with van der Waals surface area (Å²) in [6, 6.07) is 0. The number of aromatic amines is 1. The molecular weight excluding hydrogens is 320 g/mol. The molecule has 1 N–H and O–H groups in total. The number of aromatic nitrogens is 2. The van der Waals surface area contributed by atoms with Crippen LogP contribution in [0, 0.1) is 34.5 Å². The zero-order valence-corrected chi connectivity index (χ0v) is 17.1. The summed E-state index contributed by atoms with van der Waals surface area (Å²) in [6.07, 6.45) is 13.8. The minimum atomic E-state index is 0. The van der Waals surface area contributed by atoms with Gasteiger partial charge >= 0.3 is 0 Å². The molecule has 3 nitrogen and oxygen atoms in total. The van der Waals surface area contributed by atoms with Gasteiger partial charge in [-0.3, -0.25) is 5.10 Å². The Morgan fingerprint density at radius 2 is 1.92 bits per heavy atom. The lowest BCUT2D eigenvalue weighted by Crippen LogP contribution is -2.55. The van der Waals surface area contributed by atoms with Crippen LogP contribution in [0.3, 0.4) is 0 Å². The van der Waals surface area contributed by atoms with E-state index in [1.165, 1.54) is 62.6 Å². The molecule has 4 aliphatic carbocycles. The first-order valence-corrected chi connectivity index (χ1v) is 11.1. The average Bonchev–Trinajstić information content (AvgIpc) is 3.16. The fourth-order valence-electron chi connectivity index (χ4n) is 7.97. The van der Waals surface area contributed by atoms with E-state index in [0.717, 1.165) is 23.7 Å². The summed E-state index contributed by atoms with van der Waals surface area (Å²) in [5.41, 5.74) is 3.84. The molecule has 1 aromatic heterocycles. The summed E-state index contributed by atoms with van der Waals surface area (Å²) in [5, 5.41) is 7.64. The van der Waals surface area contributed by atoms with Crippen molar-refractivity contribution in [1.82, 2.24) is 10.2 Å². The van der Waals surface area contributed by atoms with Crippen molar-refractivity contribution in [3.63, 3.8) is 0 Å². The van der Waals surface area contributed by atoms with E-state index in [4.69, 9.17) is 4.74 Å². The molecule has 0 amide bonds. The van der Waals surface area contributed by atoms with Crippen LogP contribution in [0.15, 0.2) is 6.20 Å². The number of ether oxygens (including phenoxy) is 1. The SMILES string of the molecule is CC(C)O[C@H]1CC[C@H]2[C@@H]3CC[C@H]4Cc5[nH]ncc5C[C@]4(C)[C@H]3CC[C@]12C.[HH]. The monoisotopic (exact) mass is 358 g/mol. The maximum atomic E-state index is 6.42. The largest absolute Gasteiger partial charge is 0.375 e. The molecular formula is C23H38N2O. The molecule has 7 atom stereocenters. The molecule has 3 heteroatoms. The van der Waals surface area contributed by atoms with Crippen LogP contribution in [-0.2, 0) is 17.6 Å². The van der Waals surface area contributed by atoms with Crippen LogP contribution < -0.4 is 0 Å². The van der Waals surface area contributed by atoms with Gasteiger partial charge in [-0.2, -0.15) is 5.10 Å². The van der Waals surface area contributed by atoms with Crippen molar-refractivity contribution >= 4 is 0 Å². The highest BCUT2D eigenvalue weighted by Crippen LogP contribution is 2.65. The Hall–Kier alpha value is -0.830. The number of rotatable bonds is 2. The van der Waals surface area contributed by atoms with Gasteiger partial charge in [-0.25, -0.2) is 0 Å². The van der Waals surface area contributed by atoms with Crippen molar-refractivity contribution in [3.05, 3.63) is 17.5 Å². The van der Waals surface area contributed by atoms with Crippen LogP contribution >= 0.6 is 0 Å². The maximum Gasteiger partial charge on any atom is 0.0635 e. The van der Waals surface area contributed by atoms with Gasteiger partial charge in [0.1, 0.15) is 0 Å². The third-order valence-electron chi connectivity index (χ3n) is 9.24. The van der Waals surface area contributed by atoms with E-state index in [-0.39, 0.29) is 1.43 Å². The second-order valence-electron chi connectivity index (χ2n) is 10.7. The second kappa shape index (κ2) is 5.83. The molecule has 4 aliphatic rings. The zero-order chi connectivity index (χ0) is 18.1. The van der Waals surface area contributed by atoms with E-state index in [0.29, 0.717) is 23.0 Å². The lowest BCUT2D eigenvalue weighted by atomic mass is 9.45. The van der Waals surface area contributed by atoms with E-state index in [2.05, 4.69) is 44.1 Å². The van der Waals surface area contributed by atoms with Gasteiger partial charge in [-0.15, -0.1) is 0 Å². The van der Waals surface area contributed by atoms with Gasteiger partial charge in [0, 0.05) is 7.12 Å². The minimum absolute atomic E-state index is 0. The van der Waals surface area contributed by atoms with Gasteiger partial charge in [0.05, 0.1) is 18.4 Å². The van der Waals surface area contributed by atoms with Crippen LogP contribution in [0.2, 0.25) is 0 Å². The van der Waals surface area contributed by atoms with Gasteiger partial charge < -0.3 is 4.74 Å². The first kappa shape index (κ1) is 17.3. The molecule has 0 radical (unpaired) electrons. The quantitative estimate of drug-likeness (QED) is 0.768. The molecule has 3 fully saturated rings. The zero-order valence-electron chi connectivity index (χ0n) is 17.1. The molecule has 26 heavy (non-hydrogen) atoms. The van der Waals surface area contributed by atoms with Gasteiger partial charge in [0.25, 0.3) is 0 Å². The highest BCUT2D eigenvalue weighted by Gasteiger charge is 2.60. The number of H-pyrrole nitrogens is 1. The van der Waals surface area contributed by atoms with Gasteiger partial charge in [0.15, 0.2) is 0 Å². The third kappa shape index (κ3) is 2.31. The summed E-state index contributed by atoms with van der Waals surface area (Å²) < 4.78 is 6.42. The average molecular weight is 359 g/mol. The molecule has 0 aliphatic heterocycles. The molecule has 146 valence electrons. The highest BCUT2D eigenvalue weighted by atomic mass is 16.5. The molecule has 5 rings (SSSR count). The molecule has 3 saturated carbocycles. The van der Waals surface area contributed by atoms with Crippen LogP contribution in [0.4, 0.5) is 0 Å². The smallest absolute Gasteiger partial charge is 0.0635 e. The van der Waals surface area contributed by atoms with Crippen molar-refractivity contribution in [1.29, 1.82) is 0 Å². The Balaban J connectivity index is 0.00000180. The Morgan fingerprint density at radius 1 is 1.12 bits per heavy atom. The third-order valence-corrected chi connectivity index (χ3v) is 9.24. The normalized spacial score (nSPS) is 47.2. The Bertz CT molecular complexity index is 688. The summed E-state index contributed by atoms with van der Waals surface area (Å²) in [5.74, 6) is 3.56. The van der Waals surface area contributed by atoms with E-state index in [1.54, 1.807) is 0 Å². The first-order chi connectivity index (χ1) is 12.4. The Morgan fingerprint density at radius 3 is 2.73 bits per heavy atom. The number of nitrogens with zero attached hydrogens (tertiary/aromatic N) is 1. The lowest BCUT2D eigenvalue weighted by molar-refractivity contribution is -0.131. The van der Waals surface area contributed by atoms with Crippen LogP contribution in [-0.4, -0.2) is 22.4 Å². The van der Waals surface area contributed by atoms with Crippen molar-refractivity contribution in [2.75, 3.05) is 0 Å². The van der Waals surface area contributed by atoms with Crippen molar-refractivity contribution in [3.8, 4) is 0 Å². The lowest BCUT2D eigenvalue weighted by Gasteiger charge is -2.60. The Kier molecular flexibility index (Phi) is 3.88. The van der Waals surface area contributed by atoms with Gasteiger partial charge in [-0.05, 0) is 105 Å². The molecule has 0 aromatic carbocycles. The molecule has 1 heterocycles. The van der Waals surface area contributed by atoms with Gasteiger partial charge in [0.2, 0.25) is 0 Å². The maximum absolute atomic E-state index is 6.42. The van der Waals surface area contributed by atoms with Crippen LogP contribution in [0.1, 0.15) is 78.9 Å². The number of hydrogen-bond acceptors (Lipinski definition) is 2. The number of fused-ring (bicyclic) bond motifs is 6. The first-order valence-electron chi connectivity index (χ1n) is 11.1. The Labute approximate surface area is 160 Å². The fraction of sp³-hybridized carbons (Fsp3) is 0.870. The predicted molar refractivity (Wildman–Crippen MR) is 106 cm³/mol. The van der Waals surface area contributed by atoms with Crippen LogP contribution in [0.5, 0.6) is 0 Å². The number of nitrogens with one attached hydrogen (secondary N) is 1. The van der Waals surface area contributed by atoms with E-state index in [1.807, 2.05) is 0 Å². The van der Waals surface area contributed by atoms with E-state index < -0.39 is 0 Å². The van der Waals surface area contributed by atoms with E-state index in [9.17, 15) is 0 Å². The fourth-order valence-corrected chi connectivity index (χ4v) is 7.97. The van der Waals surface area contributed by atoms with Crippen molar-refractivity contribution < 1.29 is 6.16 Å². The van der Waals surface area contributed by atoms with Gasteiger partial charge in [-0.1, -0.05) is 13.8 Å². The molecule has 0 saturated heterocycles. The summed E-state index contributed by atoms with van der Waals surface area (Å²) >= 11 is 0. The number of hydrogen-bond donors (Lipinski definition) is 1. The molecule has 1 aromatic rings. The predicted octanol–water partition coefficient (Wildman–Crippen LogP) is 5.41. The van der Waals surface area contributed by atoms with Crippen molar-refractivity contribution in [2.45, 2.75) is 91.3 Å². The summed E-state index contributed by atoms with van der Waals surface area (Å²) in [4.78, 5) is 0. The second-order valence-corrected chi connectivity index (χ2v) is 10.7. The van der Waals surface area contributed by atoms with E-state index >= 15 is 0 Å². The minimum Gasteiger partial charge on any atom is -0.375 e. The molecule has 0 spiro atoms. The van der Waals surface area contributed by atoms with Crippen molar-refractivity contribution in [2.24, 2.45) is 34.5 Å². The highest BCUT2D eigenvalue weighted by molar-refractivity contribution is 5.25. The standard InChI is InChI=1S/C23H36N2O.H2/c1-14(2)26-21-8-7-18-17-6-5-16-11-20-15(13-24-25-20)12-23(16,4)19(17)9-10-22(18,21)3;/h13-14,16-19,21H,5-12H2,1-4H3,(H,24,25);1H/t16-,17-,18-,19-,21-,22-,23-;/m0./s1. The molecule has 0 unspecified atom stereocenters. The van der Waals surface area contributed by atoms with Crippen LogP contribution in [0.25, 0.3) is 0 Å². The topological polar surface area (TPSA) is 37.9 Å². The summed E-state index contributed by atoms with van der Waals surface area (Å²) in [6.45, 7) is 9.61. The summed E-state index contributed by atoms with van der Waals surface area (Å²) in [7, 11) is 0. The molecule has 0 bridgehead atoms.